The number of carbonyl (C=O) groups is 2. The summed E-state index contributed by atoms with van der Waals surface area (Å²) in [5.41, 5.74) is 2.34. The molecule has 172 valence electrons. The molecule has 2 heterocycles. The Morgan fingerprint density at radius 1 is 1.09 bits per heavy atom. The number of nitrogens with one attached hydrogen (secondary N) is 1. The van der Waals surface area contributed by atoms with E-state index >= 15 is 0 Å². The van der Waals surface area contributed by atoms with E-state index in [1.165, 1.54) is 40.5 Å². The van der Waals surface area contributed by atoms with E-state index in [1.807, 2.05) is 4.90 Å². The number of nitrogens with zero attached hydrogens (tertiary/aromatic N) is 2. The second kappa shape index (κ2) is 8.94. The number of likely N-dealkylation sites (N-methyl/N-ethyl adjacent to an activating group) is 1. The lowest BCUT2D eigenvalue weighted by atomic mass is 9.72. The van der Waals surface area contributed by atoms with E-state index < -0.39 is 0 Å². The van der Waals surface area contributed by atoms with Crippen LogP contribution in [0, 0.1) is 17.2 Å². The summed E-state index contributed by atoms with van der Waals surface area (Å²) in [7, 11) is 2.06. The molecule has 1 aliphatic carbocycles. The Morgan fingerprint density at radius 3 is 2.38 bits per heavy atom. The van der Waals surface area contributed by atoms with Gasteiger partial charge < -0.3 is 15.1 Å². The highest BCUT2D eigenvalue weighted by Crippen LogP contribution is 2.44. The molecule has 1 aromatic heterocycles. The average Bonchev–Trinajstić information content (AvgIpc) is 3.10. The summed E-state index contributed by atoms with van der Waals surface area (Å²) in [6.07, 6.45) is 2.83. The summed E-state index contributed by atoms with van der Waals surface area (Å²) in [6.45, 7) is 9.88. The van der Waals surface area contributed by atoms with Crippen LogP contribution in [0.15, 0.2) is 24.3 Å². The van der Waals surface area contributed by atoms with Gasteiger partial charge in [-0.3, -0.25) is 9.59 Å². The quantitative estimate of drug-likeness (QED) is 0.728. The van der Waals surface area contributed by atoms with Crippen LogP contribution < -0.4 is 5.32 Å². The van der Waals surface area contributed by atoms with E-state index in [0.29, 0.717) is 35.1 Å². The molecule has 2 amide bonds. The molecule has 7 heteroatoms. The summed E-state index contributed by atoms with van der Waals surface area (Å²) in [5, 5.41) is 3.61. The number of rotatable bonds is 3. The zero-order chi connectivity index (χ0) is 23.0. The molecule has 1 aliphatic heterocycles. The Hall–Kier alpha value is -2.25. The van der Waals surface area contributed by atoms with Crippen molar-refractivity contribution in [3.8, 4) is 0 Å². The van der Waals surface area contributed by atoms with Crippen molar-refractivity contribution in [1.82, 2.24) is 9.80 Å². The van der Waals surface area contributed by atoms with Gasteiger partial charge in [-0.1, -0.05) is 20.8 Å². The van der Waals surface area contributed by atoms with Gasteiger partial charge in [-0.15, -0.1) is 11.3 Å². The molecule has 5 nitrogen and oxygen atoms in total. The third-order valence-electron chi connectivity index (χ3n) is 6.83. The first-order valence-corrected chi connectivity index (χ1v) is 12.1. The molecule has 1 saturated heterocycles. The van der Waals surface area contributed by atoms with E-state index in [1.54, 1.807) is 0 Å². The lowest BCUT2D eigenvalue weighted by Gasteiger charge is -2.35. The highest BCUT2D eigenvalue weighted by Gasteiger charge is 2.35. The van der Waals surface area contributed by atoms with Crippen molar-refractivity contribution in [1.29, 1.82) is 0 Å². The number of amides is 2. The minimum Gasteiger partial charge on any atom is -0.336 e. The Labute approximate surface area is 193 Å². The van der Waals surface area contributed by atoms with Gasteiger partial charge in [0, 0.05) is 36.6 Å². The number of halogens is 1. The maximum absolute atomic E-state index is 13.6. The van der Waals surface area contributed by atoms with Crippen LogP contribution >= 0.6 is 11.3 Å². The van der Waals surface area contributed by atoms with Gasteiger partial charge in [-0.05, 0) is 67.5 Å². The van der Waals surface area contributed by atoms with Crippen LogP contribution in [-0.2, 0) is 12.8 Å². The standard InChI is InChI=1S/C25H32FN3O2S/c1-25(2,3)17-7-10-19-20(15-17)32-23(27-22(30)16-5-8-18(26)9-6-16)21(19)24(31)29-13-11-28(4)12-14-29/h5-6,8-9,17H,7,10-15H2,1-4H3,(H,27,30)/t17-/m1/s1. The third-order valence-corrected chi connectivity index (χ3v) is 8.00. The maximum Gasteiger partial charge on any atom is 0.257 e. The Kier molecular flexibility index (Phi) is 6.41. The number of thiophene rings is 1. The second-order valence-corrected chi connectivity index (χ2v) is 11.2. The van der Waals surface area contributed by atoms with Gasteiger partial charge in [-0.25, -0.2) is 4.39 Å². The Balaban J connectivity index is 1.66. The molecule has 1 fully saturated rings. The van der Waals surface area contributed by atoms with Gasteiger partial charge in [0.1, 0.15) is 10.8 Å². The van der Waals surface area contributed by atoms with Crippen LogP contribution in [0.2, 0.25) is 0 Å². The monoisotopic (exact) mass is 457 g/mol. The molecule has 0 unspecified atom stereocenters. The molecular weight excluding hydrogens is 425 g/mol. The van der Waals surface area contributed by atoms with Crippen LogP contribution in [0.25, 0.3) is 0 Å². The zero-order valence-electron chi connectivity index (χ0n) is 19.3. The van der Waals surface area contributed by atoms with Crippen molar-refractivity contribution in [2.24, 2.45) is 11.3 Å². The van der Waals surface area contributed by atoms with Crippen molar-refractivity contribution >= 4 is 28.2 Å². The fourth-order valence-corrected chi connectivity index (χ4v) is 5.90. The van der Waals surface area contributed by atoms with Crippen LogP contribution in [0.5, 0.6) is 0 Å². The predicted molar refractivity (Wildman–Crippen MR) is 127 cm³/mol. The van der Waals surface area contributed by atoms with E-state index in [4.69, 9.17) is 0 Å². The van der Waals surface area contributed by atoms with Crippen molar-refractivity contribution in [3.05, 3.63) is 51.7 Å². The molecule has 0 bridgehead atoms. The highest BCUT2D eigenvalue weighted by molar-refractivity contribution is 7.17. The fourth-order valence-electron chi connectivity index (χ4n) is 4.58. The zero-order valence-corrected chi connectivity index (χ0v) is 20.2. The van der Waals surface area contributed by atoms with Gasteiger partial charge in [0.15, 0.2) is 0 Å². The fraction of sp³-hybridized carbons (Fsp3) is 0.520. The van der Waals surface area contributed by atoms with Crippen molar-refractivity contribution < 1.29 is 14.0 Å². The molecule has 2 aromatic rings. The van der Waals surface area contributed by atoms with E-state index in [0.717, 1.165) is 37.9 Å². The number of hydrogen-bond donors (Lipinski definition) is 1. The smallest absolute Gasteiger partial charge is 0.257 e. The molecule has 1 atom stereocenters. The molecule has 32 heavy (non-hydrogen) atoms. The van der Waals surface area contributed by atoms with Gasteiger partial charge >= 0.3 is 0 Å². The summed E-state index contributed by atoms with van der Waals surface area (Å²) in [5.74, 6) is -0.143. The molecular formula is C25H32FN3O2S. The normalized spacial score (nSPS) is 19.5. The lowest BCUT2D eigenvalue weighted by molar-refractivity contribution is 0.0664. The number of carbonyl (C=O) groups excluding carboxylic acids is 2. The first-order valence-electron chi connectivity index (χ1n) is 11.3. The van der Waals surface area contributed by atoms with Crippen LogP contribution in [0.4, 0.5) is 9.39 Å². The number of anilines is 1. The third kappa shape index (κ3) is 4.74. The van der Waals surface area contributed by atoms with Crippen LogP contribution in [0.1, 0.15) is 58.3 Å². The van der Waals surface area contributed by atoms with Gasteiger partial charge in [0.2, 0.25) is 0 Å². The summed E-state index contributed by atoms with van der Waals surface area (Å²) < 4.78 is 13.3. The van der Waals surface area contributed by atoms with Crippen LogP contribution in [0.3, 0.4) is 0 Å². The molecule has 0 radical (unpaired) electrons. The first kappa shape index (κ1) is 22.9. The second-order valence-electron chi connectivity index (χ2n) is 10.1. The Bertz CT molecular complexity index is 1000. The topological polar surface area (TPSA) is 52.6 Å². The molecule has 1 N–H and O–H groups in total. The number of hydrogen-bond acceptors (Lipinski definition) is 4. The van der Waals surface area contributed by atoms with E-state index in [9.17, 15) is 14.0 Å². The van der Waals surface area contributed by atoms with Crippen molar-refractivity contribution in [2.45, 2.75) is 40.0 Å². The number of piperazine rings is 1. The summed E-state index contributed by atoms with van der Waals surface area (Å²) in [4.78, 5) is 31.9. The first-order chi connectivity index (χ1) is 15.1. The SMILES string of the molecule is CN1CCN(C(=O)c2c(NC(=O)c3ccc(F)cc3)sc3c2CC[C@@H](C(C)(C)C)C3)CC1. The molecule has 2 aliphatic rings. The lowest BCUT2D eigenvalue weighted by Crippen LogP contribution is -2.47. The largest absolute Gasteiger partial charge is 0.336 e. The number of benzene rings is 1. The van der Waals surface area contributed by atoms with Gasteiger partial charge in [-0.2, -0.15) is 0 Å². The summed E-state index contributed by atoms with van der Waals surface area (Å²) in [6, 6.07) is 5.49. The summed E-state index contributed by atoms with van der Waals surface area (Å²) >= 11 is 1.54. The van der Waals surface area contributed by atoms with E-state index in [-0.39, 0.29) is 23.0 Å². The van der Waals surface area contributed by atoms with Gasteiger partial charge in [0.05, 0.1) is 5.56 Å². The minimum absolute atomic E-state index is 0.0132. The number of fused-ring (bicyclic) bond motifs is 1. The Morgan fingerprint density at radius 2 is 1.75 bits per heavy atom. The highest BCUT2D eigenvalue weighted by atomic mass is 32.1. The average molecular weight is 458 g/mol. The maximum atomic E-state index is 13.6. The molecule has 0 spiro atoms. The van der Waals surface area contributed by atoms with Gasteiger partial charge in [0.25, 0.3) is 11.8 Å². The van der Waals surface area contributed by atoms with E-state index in [2.05, 4.69) is 38.0 Å². The van der Waals surface area contributed by atoms with Crippen LogP contribution in [-0.4, -0.2) is 54.8 Å². The van der Waals surface area contributed by atoms with Crippen molar-refractivity contribution in [3.63, 3.8) is 0 Å². The molecule has 1 aromatic carbocycles. The minimum atomic E-state index is -0.382. The predicted octanol–water partition coefficient (Wildman–Crippen LogP) is 4.68. The molecule has 4 rings (SSSR count). The van der Waals surface area contributed by atoms with Crippen molar-refractivity contribution in [2.75, 3.05) is 38.5 Å². The molecule has 0 saturated carbocycles.